The number of guanidine groups is 1. The van der Waals surface area contributed by atoms with Crippen LogP contribution in [-0.2, 0) is 12.8 Å². The molecule has 23 heavy (non-hydrogen) atoms. The molecule has 2 N–H and O–H groups in total. The lowest BCUT2D eigenvalue weighted by atomic mass is 10.1. The molecular formula is C18H23FN4. The molecule has 1 aromatic carbocycles. The van der Waals surface area contributed by atoms with Gasteiger partial charge in [0.1, 0.15) is 5.82 Å². The van der Waals surface area contributed by atoms with Gasteiger partial charge in [-0.25, -0.2) is 4.39 Å². The molecule has 0 unspecified atom stereocenters. The maximum absolute atomic E-state index is 13.5. The van der Waals surface area contributed by atoms with E-state index in [1.807, 2.05) is 24.5 Å². The van der Waals surface area contributed by atoms with Crippen LogP contribution in [0, 0.1) is 12.7 Å². The normalized spacial score (nSPS) is 11.3. The van der Waals surface area contributed by atoms with E-state index in [4.69, 9.17) is 0 Å². The average molecular weight is 314 g/mol. The van der Waals surface area contributed by atoms with Gasteiger partial charge in [-0.05, 0) is 48.6 Å². The van der Waals surface area contributed by atoms with Crippen molar-refractivity contribution in [3.05, 3.63) is 65.2 Å². The van der Waals surface area contributed by atoms with Gasteiger partial charge in [0.05, 0.1) is 0 Å². The number of hydrogen-bond donors (Lipinski definition) is 2. The first kappa shape index (κ1) is 16.9. The van der Waals surface area contributed by atoms with Crippen LogP contribution in [0.2, 0.25) is 0 Å². The molecular weight excluding hydrogens is 291 g/mol. The van der Waals surface area contributed by atoms with Gasteiger partial charge in [0, 0.05) is 32.5 Å². The number of nitrogens with zero attached hydrogens (tertiary/aromatic N) is 2. The summed E-state index contributed by atoms with van der Waals surface area (Å²) in [6.07, 6.45) is 5.21. The molecule has 0 bridgehead atoms. The molecule has 0 aliphatic carbocycles. The van der Waals surface area contributed by atoms with Crippen molar-refractivity contribution in [1.29, 1.82) is 0 Å². The Balaban J connectivity index is 1.74. The van der Waals surface area contributed by atoms with Crippen LogP contribution in [0.4, 0.5) is 4.39 Å². The van der Waals surface area contributed by atoms with Crippen LogP contribution in [0.25, 0.3) is 0 Å². The molecule has 1 heterocycles. The van der Waals surface area contributed by atoms with Gasteiger partial charge in [-0.2, -0.15) is 0 Å². The van der Waals surface area contributed by atoms with Gasteiger partial charge in [0.25, 0.3) is 0 Å². The van der Waals surface area contributed by atoms with Crippen LogP contribution in [0.5, 0.6) is 0 Å². The number of rotatable bonds is 6. The Labute approximate surface area is 136 Å². The monoisotopic (exact) mass is 314 g/mol. The minimum atomic E-state index is -0.162. The van der Waals surface area contributed by atoms with E-state index < -0.39 is 0 Å². The first-order valence-corrected chi connectivity index (χ1v) is 7.78. The third kappa shape index (κ3) is 5.36. The Morgan fingerprint density at radius 2 is 1.78 bits per heavy atom. The van der Waals surface area contributed by atoms with Crippen molar-refractivity contribution in [2.75, 3.05) is 20.1 Å². The van der Waals surface area contributed by atoms with Crippen LogP contribution in [0.15, 0.2) is 47.7 Å². The summed E-state index contributed by atoms with van der Waals surface area (Å²) in [6, 6.07) is 8.88. The molecule has 1 aromatic heterocycles. The second kappa shape index (κ2) is 8.88. The number of aliphatic imine (C=N–C) groups is 1. The van der Waals surface area contributed by atoms with Crippen LogP contribution in [-0.4, -0.2) is 31.1 Å². The number of aromatic nitrogens is 1. The van der Waals surface area contributed by atoms with Crippen LogP contribution in [0.3, 0.4) is 0 Å². The van der Waals surface area contributed by atoms with Crippen LogP contribution >= 0.6 is 0 Å². The molecule has 0 fully saturated rings. The highest BCUT2D eigenvalue weighted by Crippen LogP contribution is 2.06. The predicted molar refractivity (Wildman–Crippen MR) is 92.1 cm³/mol. The Hall–Kier alpha value is -2.43. The van der Waals surface area contributed by atoms with E-state index in [9.17, 15) is 4.39 Å². The maximum Gasteiger partial charge on any atom is 0.190 e. The number of hydrogen-bond acceptors (Lipinski definition) is 2. The molecule has 0 amide bonds. The van der Waals surface area contributed by atoms with Crippen LogP contribution in [0.1, 0.15) is 16.7 Å². The molecule has 2 aromatic rings. The minimum absolute atomic E-state index is 0.162. The summed E-state index contributed by atoms with van der Waals surface area (Å²) in [5.74, 6) is 0.568. The first-order chi connectivity index (χ1) is 11.2. The maximum atomic E-state index is 13.5. The molecule has 4 nitrogen and oxygen atoms in total. The number of pyridine rings is 1. The fourth-order valence-corrected chi connectivity index (χ4v) is 2.34. The summed E-state index contributed by atoms with van der Waals surface area (Å²) >= 11 is 0. The Morgan fingerprint density at radius 3 is 2.43 bits per heavy atom. The number of halogens is 1. The fraction of sp³-hybridized carbons (Fsp3) is 0.333. The lowest BCUT2D eigenvalue weighted by Crippen LogP contribution is -2.39. The van der Waals surface area contributed by atoms with Gasteiger partial charge in [-0.1, -0.05) is 18.2 Å². The van der Waals surface area contributed by atoms with E-state index in [1.165, 1.54) is 17.2 Å². The van der Waals surface area contributed by atoms with Crippen LogP contribution < -0.4 is 10.6 Å². The average Bonchev–Trinajstić information content (AvgIpc) is 2.56. The van der Waals surface area contributed by atoms with E-state index in [-0.39, 0.29) is 5.82 Å². The summed E-state index contributed by atoms with van der Waals surface area (Å²) in [4.78, 5) is 8.28. The van der Waals surface area contributed by atoms with Crippen molar-refractivity contribution in [2.24, 2.45) is 4.99 Å². The number of nitrogens with one attached hydrogen (secondary N) is 2. The van der Waals surface area contributed by atoms with Crippen molar-refractivity contribution in [3.63, 3.8) is 0 Å². The third-order valence-electron chi connectivity index (χ3n) is 3.69. The highest BCUT2D eigenvalue weighted by Gasteiger charge is 2.02. The molecule has 0 spiro atoms. The van der Waals surface area contributed by atoms with Gasteiger partial charge in [-0.3, -0.25) is 9.98 Å². The predicted octanol–water partition coefficient (Wildman–Crippen LogP) is 2.48. The van der Waals surface area contributed by atoms with Crippen molar-refractivity contribution >= 4 is 5.96 Å². The van der Waals surface area contributed by atoms with Gasteiger partial charge in [0.15, 0.2) is 5.96 Å². The fourth-order valence-electron chi connectivity index (χ4n) is 2.34. The lowest BCUT2D eigenvalue weighted by molar-refractivity contribution is 0.606. The second-order valence-electron chi connectivity index (χ2n) is 5.32. The number of benzene rings is 1. The van der Waals surface area contributed by atoms with E-state index >= 15 is 0 Å². The highest BCUT2D eigenvalue weighted by molar-refractivity contribution is 5.79. The Morgan fingerprint density at radius 1 is 1.09 bits per heavy atom. The summed E-state index contributed by atoms with van der Waals surface area (Å²) in [5, 5.41) is 6.48. The van der Waals surface area contributed by atoms with E-state index in [2.05, 4.69) is 27.5 Å². The number of aryl methyl sites for hydroxylation is 1. The van der Waals surface area contributed by atoms with Gasteiger partial charge < -0.3 is 10.6 Å². The standard InChI is InChI=1S/C18H23FN4/c1-14-13-21-10-7-15(14)8-11-22-18(20-2)23-12-9-16-5-3-4-6-17(16)19/h3-7,10,13H,8-9,11-12H2,1-2H3,(H2,20,22,23). The molecule has 0 aliphatic rings. The van der Waals surface area contributed by atoms with Gasteiger partial charge in [0.2, 0.25) is 0 Å². The molecule has 0 radical (unpaired) electrons. The SMILES string of the molecule is CN=C(NCCc1ccncc1C)NCCc1ccccc1F. The second-order valence-corrected chi connectivity index (χ2v) is 5.32. The molecule has 5 heteroatoms. The smallest absolute Gasteiger partial charge is 0.190 e. The van der Waals surface area contributed by atoms with Crippen molar-refractivity contribution in [1.82, 2.24) is 15.6 Å². The Kier molecular flexibility index (Phi) is 6.54. The zero-order valence-electron chi connectivity index (χ0n) is 13.6. The van der Waals surface area contributed by atoms with Gasteiger partial charge >= 0.3 is 0 Å². The molecule has 0 saturated heterocycles. The minimum Gasteiger partial charge on any atom is -0.356 e. The molecule has 2 rings (SSSR count). The Bertz CT molecular complexity index is 601. The quantitative estimate of drug-likeness (QED) is 0.636. The van der Waals surface area contributed by atoms with Crippen molar-refractivity contribution in [2.45, 2.75) is 19.8 Å². The largest absolute Gasteiger partial charge is 0.356 e. The zero-order valence-corrected chi connectivity index (χ0v) is 13.6. The van der Waals surface area contributed by atoms with Crippen molar-refractivity contribution < 1.29 is 4.39 Å². The lowest BCUT2D eigenvalue weighted by Gasteiger charge is -2.12. The first-order valence-electron chi connectivity index (χ1n) is 7.78. The zero-order chi connectivity index (χ0) is 16.5. The topological polar surface area (TPSA) is 49.3 Å². The highest BCUT2D eigenvalue weighted by atomic mass is 19.1. The summed E-state index contributed by atoms with van der Waals surface area (Å²) in [6.45, 7) is 3.48. The summed E-state index contributed by atoms with van der Waals surface area (Å²) < 4.78 is 13.5. The van der Waals surface area contributed by atoms with E-state index in [1.54, 1.807) is 19.2 Å². The molecule has 0 atom stereocenters. The van der Waals surface area contributed by atoms with Gasteiger partial charge in [-0.15, -0.1) is 0 Å². The summed E-state index contributed by atoms with van der Waals surface area (Å²) in [5.41, 5.74) is 3.17. The van der Waals surface area contributed by atoms with Crippen molar-refractivity contribution in [3.8, 4) is 0 Å². The molecule has 0 saturated carbocycles. The molecule has 0 aliphatic heterocycles. The molecule has 122 valence electrons. The van der Waals surface area contributed by atoms with E-state index in [0.717, 1.165) is 18.9 Å². The van der Waals surface area contributed by atoms with E-state index in [0.29, 0.717) is 18.5 Å². The summed E-state index contributed by atoms with van der Waals surface area (Å²) in [7, 11) is 1.73. The third-order valence-corrected chi connectivity index (χ3v) is 3.69.